The molecule has 0 aliphatic rings. The Morgan fingerprint density at radius 2 is 2.00 bits per heavy atom. The normalized spacial score (nSPS) is 11.7. The van der Waals surface area contributed by atoms with E-state index in [2.05, 4.69) is 5.32 Å². The minimum atomic E-state index is -0.145. The molecule has 0 aliphatic carbocycles. The van der Waals surface area contributed by atoms with Gasteiger partial charge < -0.3 is 5.32 Å². The summed E-state index contributed by atoms with van der Waals surface area (Å²) in [4.78, 5) is 17.1. The van der Waals surface area contributed by atoms with Gasteiger partial charge in [-0.05, 0) is 61.2 Å². The Hall–Kier alpha value is -2.69. The van der Waals surface area contributed by atoms with Crippen LogP contribution in [0, 0.1) is 6.92 Å². The highest BCUT2D eigenvalue weighted by atomic mass is 35.5. The second-order valence-corrected chi connectivity index (χ2v) is 7.13. The second kappa shape index (κ2) is 8.80. The molecule has 2 aromatic carbocycles. The van der Waals surface area contributed by atoms with Gasteiger partial charge in [0, 0.05) is 16.6 Å². The molecule has 0 aliphatic heterocycles. The molecule has 0 saturated heterocycles. The Kier molecular flexibility index (Phi) is 6.22. The van der Waals surface area contributed by atoms with E-state index >= 15 is 0 Å². The molecule has 1 amide bonds. The maximum atomic E-state index is 12.3. The lowest BCUT2D eigenvalue weighted by Crippen LogP contribution is -2.11. The fraction of sp³-hybridized carbons (Fsp3) is 0.0909. The number of halogens is 1. The van der Waals surface area contributed by atoms with Crippen LogP contribution in [0.1, 0.15) is 28.4 Å². The third-order valence-corrected chi connectivity index (χ3v) is 4.98. The lowest BCUT2D eigenvalue weighted by atomic mass is 10.1. The number of benzene rings is 2. The Morgan fingerprint density at radius 3 is 2.70 bits per heavy atom. The van der Waals surface area contributed by atoms with Crippen molar-refractivity contribution in [3.05, 3.63) is 93.2 Å². The van der Waals surface area contributed by atoms with E-state index in [1.807, 2.05) is 67.1 Å². The van der Waals surface area contributed by atoms with Gasteiger partial charge in [0.2, 0.25) is 0 Å². The lowest BCUT2D eigenvalue weighted by Gasteiger charge is -2.10. The van der Waals surface area contributed by atoms with Crippen molar-refractivity contribution in [2.75, 3.05) is 5.32 Å². The highest BCUT2D eigenvalue weighted by molar-refractivity contribution is 7.08. The lowest BCUT2D eigenvalue weighted by molar-refractivity contribution is 0.102. The van der Waals surface area contributed by atoms with Crippen LogP contribution in [-0.4, -0.2) is 11.6 Å². The van der Waals surface area contributed by atoms with Crippen LogP contribution in [0.15, 0.2) is 76.4 Å². The van der Waals surface area contributed by atoms with Gasteiger partial charge in [-0.15, -0.1) is 0 Å². The van der Waals surface area contributed by atoms with Crippen LogP contribution in [-0.2, 0) is 0 Å². The molecule has 1 N–H and O–H groups in total. The van der Waals surface area contributed by atoms with Gasteiger partial charge in [0.1, 0.15) is 0 Å². The number of carbonyl (C=O) groups excluding carboxylic acids is 1. The predicted octanol–water partition coefficient (Wildman–Crippen LogP) is 6.66. The summed E-state index contributed by atoms with van der Waals surface area (Å²) in [6, 6.07) is 15.1. The Labute approximate surface area is 168 Å². The topological polar surface area (TPSA) is 41.5 Å². The van der Waals surface area contributed by atoms with Crippen molar-refractivity contribution in [2.24, 2.45) is 4.99 Å². The highest BCUT2D eigenvalue weighted by Gasteiger charge is 2.11. The van der Waals surface area contributed by atoms with Crippen LogP contribution < -0.4 is 5.32 Å². The van der Waals surface area contributed by atoms with Crippen molar-refractivity contribution in [1.82, 2.24) is 0 Å². The largest absolute Gasteiger partial charge is 0.322 e. The molecule has 136 valence electrons. The van der Waals surface area contributed by atoms with Crippen LogP contribution in [0.2, 0.25) is 5.02 Å². The second-order valence-electron chi connectivity index (χ2n) is 5.94. The molecule has 3 rings (SSSR count). The fourth-order valence-corrected chi connectivity index (χ4v) is 3.41. The van der Waals surface area contributed by atoms with Gasteiger partial charge >= 0.3 is 0 Å². The molecule has 0 unspecified atom stereocenters. The summed E-state index contributed by atoms with van der Waals surface area (Å²) in [5, 5.41) is 7.18. The summed E-state index contributed by atoms with van der Waals surface area (Å²) in [5.41, 5.74) is 4.78. The minimum absolute atomic E-state index is 0.145. The van der Waals surface area contributed by atoms with Gasteiger partial charge in [-0.2, -0.15) is 11.3 Å². The number of amides is 1. The van der Waals surface area contributed by atoms with Gasteiger partial charge in [-0.25, -0.2) is 4.99 Å². The summed E-state index contributed by atoms with van der Waals surface area (Å²) < 4.78 is 0. The van der Waals surface area contributed by atoms with E-state index in [0.717, 1.165) is 22.5 Å². The zero-order valence-corrected chi connectivity index (χ0v) is 16.6. The summed E-state index contributed by atoms with van der Waals surface area (Å²) in [6.07, 6.45) is 3.84. The average Bonchev–Trinajstić information content (AvgIpc) is 3.20. The first-order valence-electron chi connectivity index (χ1n) is 8.49. The van der Waals surface area contributed by atoms with Crippen molar-refractivity contribution in [1.29, 1.82) is 0 Å². The number of aryl methyl sites for hydroxylation is 1. The first-order chi connectivity index (χ1) is 13.1. The molecule has 0 saturated carbocycles. The van der Waals surface area contributed by atoms with Crippen LogP contribution in [0.3, 0.4) is 0 Å². The van der Waals surface area contributed by atoms with Crippen LogP contribution in [0.4, 0.5) is 11.4 Å². The molecule has 3 aromatic rings. The van der Waals surface area contributed by atoms with Crippen molar-refractivity contribution < 1.29 is 4.79 Å². The first-order valence-corrected chi connectivity index (χ1v) is 9.81. The van der Waals surface area contributed by atoms with E-state index < -0.39 is 0 Å². The predicted molar refractivity (Wildman–Crippen MR) is 116 cm³/mol. The van der Waals surface area contributed by atoms with E-state index in [4.69, 9.17) is 16.6 Å². The number of nitrogens with one attached hydrogen (secondary N) is 1. The number of para-hydroxylation sites is 1. The summed E-state index contributed by atoms with van der Waals surface area (Å²) in [5.74, 6) is -0.145. The zero-order chi connectivity index (χ0) is 19.2. The van der Waals surface area contributed by atoms with E-state index in [0.29, 0.717) is 16.3 Å². The monoisotopic (exact) mass is 394 g/mol. The summed E-state index contributed by atoms with van der Waals surface area (Å²) >= 11 is 7.93. The minimum Gasteiger partial charge on any atom is -0.322 e. The number of allylic oxidation sites excluding steroid dienone is 2. The van der Waals surface area contributed by atoms with Crippen molar-refractivity contribution in [2.45, 2.75) is 13.8 Å². The number of nitrogens with zero attached hydrogens (tertiary/aromatic N) is 1. The molecule has 1 aromatic heterocycles. The SMILES string of the molecule is CC=CC(=Nc1ccccc1C)c1cc(NC(=O)c2ccsc2)ccc1Cl. The number of carbonyl (C=O) groups is 1. The average molecular weight is 395 g/mol. The van der Waals surface area contributed by atoms with E-state index in [-0.39, 0.29) is 5.91 Å². The smallest absolute Gasteiger partial charge is 0.256 e. The molecule has 3 nitrogen and oxygen atoms in total. The molecule has 0 spiro atoms. The third kappa shape index (κ3) is 4.73. The molecule has 0 atom stereocenters. The maximum absolute atomic E-state index is 12.3. The standard InChI is InChI=1S/C22H19ClN2OS/c1-3-6-21(25-20-8-5-4-7-15(20)2)18-13-17(9-10-19(18)23)24-22(26)16-11-12-27-14-16/h3-14H,1-2H3,(H,24,26). The number of thiophene rings is 1. The Morgan fingerprint density at radius 1 is 1.19 bits per heavy atom. The molecule has 0 bridgehead atoms. The first kappa shape index (κ1) is 19.1. The van der Waals surface area contributed by atoms with E-state index in [9.17, 15) is 4.79 Å². The van der Waals surface area contributed by atoms with Gasteiger partial charge in [-0.1, -0.05) is 35.9 Å². The number of rotatable bonds is 5. The Balaban J connectivity index is 1.98. The van der Waals surface area contributed by atoms with Crippen molar-refractivity contribution in [3.8, 4) is 0 Å². The number of hydrogen-bond acceptors (Lipinski definition) is 3. The van der Waals surface area contributed by atoms with Crippen LogP contribution in [0.25, 0.3) is 0 Å². The summed E-state index contributed by atoms with van der Waals surface area (Å²) in [6.45, 7) is 3.95. The van der Waals surface area contributed by atoms with Crippen molar-refractivity contribution >= 4 is 45.9 Å². The molecule has 0 radical (unpaired) electrons. The molecule has 1 heterocycles. The molecule has 5 heteroatoms. The Bertz CT molecular complexity index is 1010. The van der Waals surface area contributed by atoms with E-state index in [1.165, 1.54) is 11.3 Å². The number of hydrogen-bond donors (Lipinski definition) is 1. The maximum Gasteiger partial charge on any atom is 0.256 e. The molecular formula is C22H19ClN2OS. The van der Waals surface area contributed by atoms with Gasteiger partial charge in [0.15, 0.2) is 0 Å². The van der Waals surface area contributed by atoms with Gasteiger partial charge in [0.05, 0.1) is 22.0 Å². The fourth-order valence-electron chi connectivity index (χ4n) is 2.56. The molecule has 27 heavy (non-hydrogen) atoms. The number of anilines is 1. The molecule has 0 fully saturated rings. The highest BCUT2D eigenvalue weighted by Crippen LogP contribution is 2.26. The quantitative estimate of drug-likeness (QED) is 0.483. The third-order valence-electron chi connectivity index (χ3n) is 3.96. The molecular weight excluding hydrogens is 376 g/mol. The van der Waals surface area contributed by atoms with Crippen LogP contribution in [0.5, 0.6) is 0 Å². The van der Waals surface area contributed by atoms with Crippen molar-refractivity contribution in [3.63, 3.8) is 0 Å². The number of aliphatic imine (C=N–C) groups is 1. The zero-order valence-electron chi connectivity index (χ0n) is 15.1. The van der Waals surface area contributed by atoms with Crippen LogP contribution >= 0.6 is 22.9 Å². The van der Waals surface area contributed by atoms with Gasteiger partial charge in [-0.3, -0.25) is 4.79 Å². The summed E-state index contributed by atoms with van der Waals surface area (Å²) in [7, 11) is 0. The van der Waals surface area contributed by atoms with E-state index in [1.54, 1.807) is 18.2 Å². The van der Waals surface area contributed by atoms with Gasteiger partial charge in [0.25, 0.3) is 5.91 Å².